The van der Waals surface area contributed by atoms with Crippen molar-refractivity contribution in [3.63, 3.8) is 0 Å². The number of hydrogen-bond donors (Lipinski definition) is 2. The zero-order valence-electron chi connectivity index (χ0n) is 14.8. The molecule has 1 aliphatic rings. The molecule has 3 rings (SSSR count). The Kier molecular flexibility index (Phi) is 5.24. The third-order valence-electron chi connectivity index (χ3n) is 4.94. The number of piperidine rings is 1. The van der Waals surface area contributed by atoms with Crippen molar-refractivity contribution >= 4 is 5.71 Å². The number of nitrogens with zero attached hydrogens (tertiary/aromatic N) is 1. The van der Waals surface area contributed by atoms with Gasteiger partial charge in [0, 0.05) is 24.4 Å². The maximum Gasteiger partial charge on any atom is 0.118 e. The van der Waals surface area contributed by atoms with Gasteiger partial charge in [0.05, 0.1) is 19.9 Å². The molecule has 0 spiro atoms. The molecule has 132 valence electrons. The van der Waals surface area contributed by atoms with Gasteiger partial charge in [0.1, 0.15) is 11.5 Å². The average Bonchev–Trinajstić information content (AvgIpc) is 2.68. The molecule has 1 saturated heterocycles. The van der Waals surface area contributed by atoms with E-state index in [1.807, 2.05) is 36.4 Å². The van der Waals surface area contributed by atoms with E-state index in [1.165, 1.54) is 0 Å². The molecular formula is C20H24N2O3. The van der Waals surface area contributed by atoms with Crippen molar-refractivity contribution in [3.8, 4) is 11.5 Å². The summed E-state index contributed by atoms with van der Waals surface area (Å²) >= 11 is 0. The number of nitrogens with one attached hydrogen (secondary N) is 1. The highest BCUT2D eigenvalue weighted by molar-refractivity contribution is 5.88. The predicted molar refractivity (Wildman–Crippen MR) is 97.6 cm³/mol. The number of benzene rings is 2. The Bertz CT molecular complexity index is 726. The summed E-state index contributed by atoms with van der Waals surface area (Å²) in [5.41, 5.74) is 3.10. The average molecular weight is 340 g/mol. The third-order valence-corrected chi connectivity index (χ3v) is 4.94. The molecular weight excluding hydrogens is 316 g/mol. The summed E-state index contributed by atoms with van der Waals surface area (Å²) in [6, 6.07) is 16.2. The van der Waals surface area contributed by atoms with Crippen molar-refractivity contribution in [2.45, 2.75) is 25.4 Å². The van der Waals surface area contributed by atoms with Gasteiger partial charge in [-0.15, -0.1) is 0 Å². The van der Waals surface area contributed by atoms with E-state index in [1.54, 1.807) is 14.2 Å². The van der Waals surface area contributed by atoms with E-state index in [4.69, 9.17) is 9.47 Å². The predicted octanol–water partition coefficient (Wildman–Crippen LogP) is 3.95. The Morgan fingerprint density at radius 1 is 0.920 bits per heavy atom. The lowest BCUT2D eigenvalue weighted by molar-refractivity contribution is 0.294. The van der Waals surface area contributed by atoms with Gasteiger partial charge in [-0.2, -0.15) is 0 Å². The number of methoxy groups -OCH3 is 2. The zero-order valence-corrected chi connectivity index (χ0v) is 14.8. The molecule has 0 aromatic heterocycles. The van der Waals surface area contributed by atoms with E-state index in [-0.39, 0.29) is 18.0 Å². The molecule has 0 unspecified atom stereocenters. The molecule has 5 heteroatoms. The monoisotopic (exact) mass is 340 g/mol. The van der Waals surface area contributed by atoms with Gasteiger partial charge in [0.15, 0.2) is 0 Å². The molecule has 0 bridgehead atoms. The smallest absolute Gasteiger partial charge is 0.118 e. The van der Waals surface area contributed by atoms with Crippen molar-refractivity contribution in [2.75, 3.05) is 14.2 Å². The Morgan fingerprint density at radius 3 is 1.92 bits per heavy atom. The SMILES string of the molecule is COc1ccc([C@H]2N[C@@H](c3ccc(OC)cc3)C/C(=N\O)[C@H]2C)cc1. The van der Waals surface area contributed by atoms with Crippen LogP contribution in [0, 0.1) is 5.92 Å². The normalized spacial score (nSPS) is 24.9. The van der Waals surface area contributed by atoms with Crippen LogP contribution in [0.3, 0.4) is 0 Å². The fourth-order valence-corrected chi connectivity index (χ4v) is 3.39. The van der Waals surface area contributed by atoms with Crippen LogP contribution >= 0.6 is 0 Å². The fourth-order valence-electron chi connectivity index (χ4n) is 3.39. The van der Waals surface area contributed by atoms with Crippen molar-refractivity contribution < 1.29 is 14.7 Å². The lowest BCUT2D eigenvalue weighted by Gasteiger charge is -2.37. The molecule has 5 nitrogen and oxygen atoms in total. The molecule has 0 aliphatic carbocycles. The molecule has 1 heterocycles. The highest BCUT2D eigenvalue weighted by Gasteiger charge is 2.33. The molecule has 1 fully saturated rings. The van der Waals surface area contributed by atoms with Crippen LogP contribution in [0.15, 0.2) is 53.7 Å². The lowest BCUT2D eigenvalue weighted by Crippen LogP contribution is -2.41. The van der Waals surface area contributed by atoms with E-state index in [2.05, 4.69) is 29.5 Å². The highest BCUT2D eigenvalue weighted by Crippen LogP contribution is 2.36. The van der Waals surface area contributed by atoms with Crippen molar-refractivity contribution in [1.82, 2.24) is 5.32 Å². The van der Waals surface area contributed by atoms with E-state index in [9.17, 15) is 5.21 Å². The van der Waals surface area contributed by atoms with Crippen LogP contribution in [0.25, 0.3) is 0 Å². The minimum atomic E-state index is 0.0673. The van der Waals surface area contributed by atoms with Gasteiger partial charge in [-0.3, -0.25) is 0 Å². The van der Waals surface area contributed by atoms with Gasteiger partial charge in [-0.25, -0.2) is 0 Å². The van der Waals surface area contributed by atoms with Crippen LogP contribution in [-0.2, 0) is 0 Å². The van der Waals surface area contributed by atoms with Gasteiger partial charge in [0.25, 0.3) is 0 Å². The molecule has 2 N–H and O–H groups in total. The second-order valence-electron chi connectivity index (χ2n) is 6.33. The van der Waals surface area contributed by atoms with E-state index in [0.717, 1.165) is 28.3 Å². The molecule has 0 saturated carbocycles. The fraction of sp³-hybridized carbons (Fsp3) is 0.350. The molecule has 3 atom stereocenters. The lowest BCUT2D eigenvalue weighted by atomic mass is 9.81. The molecule has 0 amide bonds. The topological polar surface area (TPSA) is 63.1 Å². The van der Waals surface area contributed by atoms with Crippen LogP contribution in [0.2, 0.25) is 0 Å². The molecule has 2 aromatic rings. The van der Waals surface area contributed by atoms with Crippen LogP contribution in [0.5, 0.6) is 11.5 Å². The first-order chi connectivity index (χ1) is 12.2. The molecule has 0 radical (unpaired) electrons. The number of hydrogen-bond acceptors (Lipinski definition) is 5. The van der Waals surface area contributed by atoms with E-state index < -0.39 is 0 Å². The summed E-state index contributed by atoms with van der Waals surface area (Å²) in [5, 5.41) is 16.8. The van der Waals surface area contributed by atoms with Crippen LogP contribution in [-0.4, -0.2) is 25.1 Å². The van der Waals surface area contributed by atoms with Gasteiger partial charge in [0.2, 0.25) is 0 Å². The Labute approximate surface area is 148 Å². The van der Waals surface area contributed by atoms with E-state index in [0.29, 0.717) is 6.42 Å². The number of oxime groups is 1. The number of rotatable bonds is 4. The first-order valence-electron chi connectivity index (χ1n) is 8.41. The van der Waals surface area contributed by atoms with Crippen molar-refractivity contribution in [1.29, 1.82) is 0 Å². The Morgan fingerprint density at radius 2 is 1.44 bits per heavy atom. The van der Waals surface area contributed by atoms with Crippen molar-refractivity contribution in [3.05, 3.63) is 59.7 Å². The van der Waals surface area contributed by atoms with Gasteiger partial charge in [-0.1, -0.05) is 36.3 Å². The Hall–Kier alpha value is -2.53. The van der Waals surface area contributed by atoms with Crippen molar-refractivity contribution in [2.24, 2.45) is 11.1 Å². The maximum absolute atomic E-state index is 9.48. The first-order valence-corrected chi connectivity index (χ1v) is 8.41. The summed E-state index contributed by atoms with van der Waals surface area (Å²) in [7, 11) is 3.32. The summed E-state index contributed by atoms with van der Waals surface area (Å²) in [4.78, 5) is 0. The largest absolute Gasteiger partial charge is 0.497 e. The summed E-state index contributed by atoms with van der Waals surface area (Å²) in [5.74, 6) is 1.76. The molecule has 25 heavy (non-hydrogen) atoms. The molecule has 2 aromatic carbocycles. The summed E-state index contributed by atoms with van der Waals surface area (Å²) in [6.45, 7) is 2.08. The number of ether oxygens (including phenoxy) is 2. The van der Waals surface area contributed by atoms with Gasteiger partial charge < -0.3 is 20.0 Å². The first kappa shape index (κ1) is 17.3. The summed E-state index contributed by atoms with van der Waals surface area (Å²) < 4.78 is 10.5. The minimum Gasteiger partial charge on any atom is -0.497 e. The van der Waals surface area contributed by atoms with Gasteiger partial charge in [-0.05, 0) is 35.4 Å². The van der Waals surface area contributed by atoms with Gasteiger partial charge >= 0.3 is 0 Å². The highest BCUT2D eigenvalue weighted by atomic mass is 16.5. The second kappa shape index (κ2) is 7.57. The second-order valence-corrected chi connectivity index (χ2v) is 6.33. The van der Waals surface area contributed by atoms with E-state index >= 15 is 0 Å². The van der Waals surface area contributed by atoms with Crippen LogP contribution < -0.4 is 14.8 Å². The standard InChI is InChI=1S/C20H24N2O3/c1-13-18(22-23)12-19(14-4-8-16(24-2)9-5-14)21-20(13)15-6-10-17(25-3)11-7-15/h4-11,13,19-21,23H,12H2,1-3H3/b22-18+/t13-,19-,20+/m1/s1. The van der Waals surface area contributed by atoms with Crippen LogP contribution in [0.1, 0.15) is 36.6 Å². The third kappa shape index (κ3) is 3.61. The summed E-state index contributed by atoms with van der Waals surface area (Å²) in [6.07, 6.45) is 0.677. The zero-order chi connectivity index (χ0) is 17.8. The maximum atomic E-state index is 9.48. The van der Waals surface area contributed by atoms with Crippen LogP contribution in [0.4, 0.5) is 0 Å². The minimum absolute atomic E-state index is 0.0673. The Balaban J connectivity index is 1.88. The molecule has 1 aliphatic heterocycles. The quantitative estimate of drug-likeness (QED) is 0.653.